The van der Waals surface area contributed by atoms with E-state index in [0.717, 1.165) is 0 Å². The fourth-order valence-electron chi connectivity index (χ4n) is 1.04. The first-order valence-electron chi connectivity index (χ1n) is 4.60. The summed E-state index contributed by atoms with van der Waals surface area (Å²) < 4.78 is 18.0. The highest BCUT2D eigenvalue weighted by molar-refractivity contribution is 5.85. The average Bonchev–Trinajstić information content (AvgIpc) is 2.21. The molecular formula is C11H11FN2O2. The van der Waals surface area contributed by atoms with Crippen LogP contribution in [0, 0.1) is 17.3 Å². The second-order valence-corrected chi connectivity index (χ2v) is 3.63. The lowest BCUT2D eigenvalue weighted by molar-refractivity contribution is -0.132. The minimum Gasteiger partial charge on any atom is -0.478 e. The smallest absolute Gasteiger partial charge is 0.276 e. The molecule has 5 heteroatoms. The van der Waals surface area contributed by atoms with Crippen LogP contribution in [0.2, 0.25) is 0 Å². The van der Waals surface area contributed by atoms with Crippen LogP contribution in [0.4, 0.5) is 4.39 Å². The number of halogens is 1. The summed E-state index contributed by atoms with van der Waals surface area (Å²) in [5, 5.41) is 10.3. The number of amides is 1. The Morgan fingerprint density at radius 2 is 2.00 bits per heavy atom. The molecule has 4 nitrogen and oxygen atoms in total. The van der Waals surface area contributed by atoms with Crippen molar-refractivity contribution in [1.29, 1.82) is 5.26 Å². The molecule has 0 saturated carbocycles. The maximum Gasteiger partial charge on any atom is 0.276 e. The van der Waals surface area contributed by atoms with Crippen LogP contribution in [0.5, 0.6) is 5.75 Å². The van der Waals surface area contributed by atoms with Crippen LogP contribution in [0.25, 0.3) is 0 Å². The molecule has 0 fully saturated rings. The monoisotopic (exact) mass is 222 g/mol. The molecule has 0 aromatic heterocycles. The lowest BCUT2D eigenvalue weighted by Crippen LogP contribution is -2.44. The summed E-state index contributed by atoms with van der Waals surface area (Å²) in [6.45, 7) is 3.03. The normalized spacial score (nSPS) is 10.4. The highest BCUT2D eigenvalue weighted by Gasteiger charge is 2.29. The van der Waals surface area contributed by atoms with Gasteiger partial charge >= 0.3 is 0 Å². The molecule has 0 radical (unpaired) electrons. The number of carbonyl (C=O) groups is 1. The minimum atomic E-state index is -1.19. The van der Waals surface area contributed by atoms with Gasteiger partial charge in [-0.2, -0.15) is 5.26 Å². The average molecular weight is 222 g/mol. The molecule has 0 bridgehead atoms. The van der Waals surface area contributed by atoms with Gasteiger partial charge in [0.05, 0.1) is 0 Å². The molecule has 0 atom stereocenters. The second-order valence-electron chi connectivity index (χ2n) is 3.63. The number of ether oxygens (including phenoxy) is 1. The number of rotatable bonds is 3. The topological polar surface area (TPSA) is 62.1 Å². The standard InChI is InChI=1S/C11H11FN2O2/c1-11(2,10(15)14-7-13)16-9-5-3-8(12)4-6-9/h3-6H,1-2H3,(H,14,15). The summed E-state index contributed by atoms with van der Waals surface area (Å²) >= 11 is 0. The van der Waals surface area contributed by atoms with E-state index < -0.39 is 11.5 Å². The molecule has 1 aromatic carbocycles. The number of carbonyl (C=O) groups excluding carboxylic acids is 1. The Labute approximate surface area is 92.6 Å². The Morgan fingerprint density at radius 1 is 1.44 bits per heavy atom. The van der Waals surface area contributed by atoms with E-state index in [1.54, 1.807) is 0 Å². The molecule has 1 N–H and O–H groups in total. The van der Waals surface area contributed by atoms with E-state index in [0.29, 0.717) is 5.75 Å². The van der Waals surface area contributed by atoms with Gasteiger partial charge < -0.3 is 4.74 Å². The Kier molecular flexibility index (Phi) is 3.46. The summed E-state index contributed by atoms with van der Waals surface area (Å²) in [4.78, 5) is 11.4. The summed E-state index contributed by atoms with van der Waals surface area (Å²) in [5.74, 6) is -0.578. The van der Waals surface area contributed by atoms with Gasteiger partial charge in [-0.1, -0.05) is 0 Å². The fourth-order valence-corrected chi connectivity index (χ4v) is 1.04. The number of nitrogens with zero attached hydrogens (tertiary/aromatic N) is 1. The second kappa shape index (κ2) is 4.62. The van der Waals surface area contributed by atoms with Gasteiger partial charge in [-0.15, -0.1) is 0 Å². The first kappa shape index (κ1) is 12.0. The molecule has 1 aromatic rings. The molecule has 16 heavy (non-hydrogen) atoms. The Bertz CT molecular complexity index is 421. The molecule has 0 spiro atoms. The van der Waals surface area contributed by atoms with E-state index in [2.05, 4.69) is 0 Å². The van der Waals surface area contributed by atoms with Crippen molar-refractivity contribution in [3.8, 4) is 11.9 Å². The van der Waals surface area contributed by atoms with Crippen LogP contribution in [0.15, 0.2) is 24.3 Å². The van der Waals surface area contributed by atoms with Gasteiger partial charge in [0.25, 0.3) is 5.91 Å². The molecule has 1 amide bonds. The van der Waals surface area contributed by atoms with Crippen molar-refractivity contribution >= 4 is 5.91 Å². The number of benzene rings is 1. The maximum atomic E-state index is 12.6. The van der Waals surface area contributed by atoms with Crippen LogP contribution < -0.4 is 10.1 Å². The van der Waals surface area contributed by atoms with Crippen molar-refractivity contribution in [3.63, 3.8) is 0 Å². The van der Waals surface area contributed by atoms with Gasteiger partial charge in [-0.3, -0.25) is 10.1 Å². The molecule has 84 valence electrons. The highest BCUT2D eigenvalue weighted by Crippen LogP contribution is 2.18. The lowest BCUT2D eigenvalue weighted by Gasteiger charge is -2.23. The van der Waals surface area contributed by atoms with E-state index >= 15 is 0 Å². The number of hydrogen-bond donors (Lipinski definition) is 1. The highest BCUT2D eigenvalue weighted by atomic mass is 19.1. The third-order valence-electron chi connectivity index (χ3n) is 1.90. The maximum absolute atomic E-state index is 12.6. The van der Waals surface area contributed by atoms with E-state index in [1.165, 1.54) is 44.3 Å². The molecule has 0 saturated heterocycles. The van der Waals surface area contributed by atoms with Crippen molar-refractivity contribution in [3.05, 3.63) is 30.1 Å². The largest absolute Gasteiger partial charge is 0.478 e. The van der Waals surface area contributed by atoms with E-state index in [4.69, 9.17) is 10.00 Å². The van der Waals surface area contributed by atoms with Crippen molar-refractivity contribution < 1.29 is 13.9 Å². The molecule has 0 aliphatic carbocycles. The predicted octanol–water partition coefficient (Wildman–Crippen LogP) is 1.58. The Hall–Kier alpha value is -2.09. The number of nitrogens with one attached hydrogen (secondary N) is 1. The van der Waals surface area contributed by atoms with Crippen LogP contribution in [0.3, 0.4) is 0 Å². The molecule has 0 unspecified atom stereocenters. The zero-order valence-corrected chi connectivity index (χ0v) is 8.95. The minimum absolute atomic E-state index is 0.361. The van der Waals surface area contributed by atoms with Gasteiger partial charge in [0.15, 0.2) is 11.8 Å². The van der Waals surface area contributed by atoms with Crippen molar-refractivity contribution in [2.75, 3.05) is 0 Å². The Morgan fingerprint density at radius 3 is 2.50 bits per heavy atom. The molecule has 0 aliphatic rings. The summed E-state index contributed by atoms with van der Waals surface area (Å²) in [7, 11) is 0. The molecule has 1 rings (SSSR count). The first-order valence-corrected chi connectivity index (χ1v) is 4.60. The van der Waals surface area contributed by atoms with E-state index in [9.17, 15) is 9.18 Å². The summed E-state index contributed by atoms with van der Waals surface area (Å²) in [5.41, 5.74) is -1.19. The van der Waals surface area contributed by atoms with E-state index in [-0.39, 0.29) is 5.82 Å². The van der Waals surface area contributed by atoms with Crippen LogP contribution in [-0.4, -0.2) is 11.5 Å². The fraction of sp³-hybridized carbons (Fsp3) is 0.273. The molecule has 0 aliphatic heterocycles. The van der Waals surface area contributed by atoms with Gasteiger partial charge in [0.2, 0.25) is 0 Å². The van der Waals surface area contributed by atoms with Crippen LogP contribution >= 0.6 is 0 Å². The molecular weight excluding hydrogens is 211 g/mol. The lowest BCUT2D eigenvalue weighted by atomic mass is 10.1. The summed E-state index contributed by atoms with van der Waals surface area (Å²) in [6.07, 6.45) is 1.53. The van der Waals surface area contributed by atoms with Crippen molar-refractivity contribution in [2.45, 2.75) is 19.4 Å². The summed E-state index contributed by atoms with van der Waals surface area (Å²) in [6, 6.07) is 5.29. The quantitative estimate of drug-likeness (QED) is 0.623. The molecule has 0 heterocycles. The van der Waals surface area contributed by atoms with Crippen molar-refractivity contribution in [1.82, 2.24) is 5.32 Å². The van der Waals surface area contributed by atoms with Crippen LogP contribution in [0.1, 0.15) is 13.8 Å². The van der Waals surface area contributed by atoms with Crippen molar-refractivity contribution in [2.24, 2.45) is 0 Å². The zero-order chi connectivity index (χ0) is 12.2. The number of nitriles is 1. The van der Waals surface area contributed by atoms with Gasteiger partial charge in [0, 0.05) is 0 Å². The van der Waals surface area contributed by atoms with Gasteiger partial charge in [-0.25, -0.2) is 4.39 Å². The SMILES string of the molecule is CC(C)(Oc1ccc(F)cc1)C(=O)NC#N. The third-order valence-corrected chi connectivity index (χ3v) is 1.90. The van der Waals surface area contributed by atoms with Gasteiger partial charge in [0.1, 0.15) is 11.6 Å². The van der Waals surface area contributed by atoms with Gasteiger partial charge in [-0.05, 0) is 38.1 Å². The zero-order valence-electron chi connectivity index (χ0n) is 8.95. The number of hydrogen-bond acceptors (Lipinski definition) is 3. The predicted molar refractivity (Wildman–Crippen MR) is 54.9 cm³/mol. The Balaban J connectivity index is 2.76. The van der Waals surface area contributed by atoms with E-state index in [1.807, 2.05) is 5.32 Å². The van der Waals surface area contributed by atoms with Crippen LogP contribution in [-0.2, 0) is 4.79 Å². The third kappa shape index (κ3) is 2.95. The first-order chi connectivity index (χ1) is 7.45.